The van der Waals surface area contributed by atoms with Crippen LogP contribution in [-0.2, 0) is 6.18 Å². The van der Waals surface area contributed by atoms with E-state index >= 15 is 0 Å². The van der Waals surface area contributed by atoms with Crippen molar-refractivity contribution in [1.29, 1.82) is 5.26 Å². The molecule has 0 bridgehead atoms. The van der Waals surface area contributed by atoms with Gasteiger partial charge in [0.25, 0.3) is 5.91 Å². The number of halogens is 3. The van der Waals surface area contributed by atoms with E-state index < -0.39 is 17.6 Å². The van der Waals surface area contributed by atoms with Gasteiger partial charge >= 0.3 is 6.18 Å². The van der Waals surface area contributed by atoms with E-state index in [9.17, 15) is 18.0 Å². The maximum absolute atomic E-state index is 13.1. The molecule has 0 atom stereocenters. The van der Waals surface area contributed by atoms with E-state index in [0.717, 1.165) is 23.3 Å². The van der Waals surface area contributed by atoms with Gasteiger partial charge in [0.15, 0.2) is 0 Å². The van der Waals surface area contributed by atoms with Crippen LogP contribution >= 0.6 is 0 Å². The molecule has 0 unspecified atom stereocenters. The zero-order valence-corrected chi connectivity index (χ0v) is 13.0. The highest BCUT2D eigenvalue weighted by Gasteiger charge is 2.34. The lowest BCUT2D eigenvalue weighted by Gasteiger charge is -2.15. The van der Waals surface area contributed by atoms with E-state index in [1.807, 2.05) is 19.9 Å². The van der Waals surface area contributed by atoms with Gasteiger partial charge in [0, 0.05) is 5.56 Å². The Balaban J connectivity index is 2.23. The molecule has 2 rings (SSSR count). The SMILES string of the molecule is Cc1cc(C)cc(C(=O)NNc2ccc(C#N)cc2C(F)(F)F)c1. The number of nitrogens with one attached hydrogen (secondary N) is 2. The van der Waals surface area contributed by atoms with Crippen LogP contribution < -0.4 is 10.9 Å². The second-order valence-electron chi connectivity index (χ2n) is 5.33. The van der Waals surface area contributed by atoms with Crippen LogP contribution in [0.15, 0.2) is 36.4 Å². The van der Waals surface area contributed by atoms with Crippen molar-refractivity contribution in [3.8, 4) is 6.07 Å². The molecule has 0 aliphatic carbocycles. The molecule has 7 heteroatoms. The average Bonchev–Trinajstić information content (AvgIpc) is 2.50. The normalized spacial score (nSPS) is 10.8. The third kappa shape index (κ3) is 4.04. The molecule has 0 spiro atoms. The van der Waals surface area contributed by atoms with E-state index in [1.54, 1.807) is 18.2 Å². The Morgan fingerprint density at radius 2 is 1.71 bits per heavy atom. The average molecular weight is 333 g/mol. The summed E-state index contributed by atoms with van der Waals surface area (Å²) in [6, 6.07) is 9.87. The Labute approximate surface area is 136 Å². The first-order valence-electron chi connectivity index (χ1n) is 6.96. The molecule has 4 nitrogen and oxygen atoms in total. The minimum Gasteiger partial charge on any atom is -0.298 e. The molecule has 24 heavy (non-hydrogen) atoms. The minimum absolute atomic E-state index is 0.117. The number of carbonyl (C=O) groups excluding carboxylic acids is 1. The number of benzene rings is 2. The van der Waals surface area contributed by atoms with Gasteiger partial charge < -0.3 is 0 Å². The van der Waals surface area contributed by atoms with Gasteiger partial charge in [-0.25, -0.2) is 0 Å². The Morgan fingerprint density at radius 3 is 2.25 bits per heavy atom. The number of nitriles is 1. The number of rotatable bonds is 3. The van der Waals surface area contributed by atoms with E-state index in [0.29, 0.717) is 5.56 Å². The predicted molar refractivity (Wildman–Crippen MR) is 83.2 cm³/mol. The van der Waals surface area contributed by atoms with Crippen molar-refractivity contribution in [2.24, 2.45) is 0 Å². The Kier molecular flexibility index (Phi) is 4.79. The number of hydrogen-bond donors (Lipinski definition) is 2. The summed E-state index contributed by atoms with van der Waals surface area (Å²) >= 11 is 0. The lowest BCUT2D eigenvalue weighted by molar-refractivity contribution is -0.137. The van der Waals surface area contributed by atoms with Crippen molar-refractivity contribution in [3.63, 3.8) is 0 Å². The van der Waals surface area contributed by atoms with E-state index in [1.165, 1.54) is 6.07 Å². The standard InChI is InChI=1S/C17H14F3N3O/c1-10-5-11(2)7-13(6-10)16(24)23-22-15-4-3-12(9-21)8-14(15)17(18,19)20/h3-8,22H,1-2H3,(H,23,24). The minimum atomic E-state index is -4.65. The molecule has 1 amide bonds. The van der Waals surface area contributed by atoms with Crippen LogP contribution in [0.3, 0.4) is 0 Å². The summed E-state index contributed by atoms with van der Waals surface area (Å²) in [4.78, 5) is 12.1. The summed E-state index contributed by atoms with van der Waals surface area (Å²) in [6.07, 6.45) is -4.65. The maximum Gasteiger partial charge on any atom is 0.418 e. The van der Waals surface area contributed by atoms with Crippen LogP contribution in [0.25, 0.3) is 0 Å². The summed E-state index contributed by atoms with van der Waals surface area (Å²) in [5.74, 6) is -0.556. The molecule has 0 aliphatic rings. The highest BCUT2D eigenvalue weighted by Crippen LogP contribution is 2.35. The molecular weight excluding hydrogens is 319 g/mol. The summed E-state index contributed by atoms with van der Waals surface area (Å²) in [6.45, 7) is 3.64. The van der Waals surface area contributed by atoms with Gasteiger partial charge in [-0.15, -0.1) is 0 Å². The second kappa shape index (κ2) is 6.62. The van der Waals surface area contributed by atoms with E-state index in [-0.39, 0.29) is 11.3 Å². The Bertz CT molecular complexity index is 803. The highest BCUT2D eigenvalue weighted by molar-refractivity contribution is 5.95. The molecule has 0 saturated carbocycles. The number of hydrazine groups is 1. The van der Waals surface area contributed by atoms with Crippen molar-refractivity contribution >= 4 is 11.6 Å². The number of carbonyl (C=O) groups is 1. The first kappa shape index (κ1) is 17.3. The Hall–Kier alpha value is -3.01. The number of anilines is 1. The fraction of sp³-hybridized carbons (Fsp3) is 0.176. The molecule has 2 aromatic rings. The molecule has 2 N–H and O–H groups in total. The van der Waals surface area contributed by atoms with Gasteiger partial charge in [0.2, 0.25) is 0 Å². The molecule has 0 aromatic heterocycles. The van der Waals surface area contributed by atoms with Crippen LogP contribution in [0, 0.1) is 25.2 Å². The summed E-state index contributed by atoms with van der Waals surface area (Å²) < 4.78 is 39.2. The van der Waals surface area contributed by atoms with Crippen molar-refractivity contribution in [1.82, 2.24) is 5.43 Å². The molecule has 2 aromatic carbocycles. The van der Waals surface area contributed by atoms with Gasteiger partial charge in [0.1, 0.15) is 0 Å². The third-order valence-corrected chi connectivity index (χ3v) is 3.25. The van der Waals surface area contributed by atoms with Crippen molar-refractivity contribution in [3.05, 3.63) is 64.2 Å². The zero-order valence-electron chi connectivity index (χ0n) is 13.0. The van der Waals surface area contributed by atoms with Gasteiger partial charge in [-0.05, 0) is 44.2 Å². The Morgan fingerprint density at radius 1 is 1.08 bits per heavy atom. The van der Waals surface area contributed by atoms with Gasteiger partial charge in [-0.2, -0.15) is 18.4 Å². The lowest BCUT2D eigenvalue weighted by Crippen LogP contribution is -2.30. The fourth-order valence-corrected chi connectivity index (χ4v) is 2.26. The molecule has 0 fully saturated rings. The van der Waals surface area contributed by atoms with Crippen molar-refractivity contribution in [2.45, 2.75) is 20.0 Å². The monoisotopic (exact) mass is 333 g/mol. The number of alkyl halides is 3. The second-order valence-corrected chi connectivity index (χ2v) is 5.33. The van der Waals surface area contributed by atoms with Crippen LogP contribution in [-0.4, -0.2) is 5.91 Å². The maximum atomic E-state index is 13.1. The topological polar surface area (TPSA) is 64.9 Å². The zero-order chi connectivity index (χ0) is 17.9. The van der Waals surface area contributed by atoms with Gasteiger partial charge in [-0.1, -0.05) is 17.2 Å². The lowest BCUT2D eigenvalue weighted by atomic mass is 10.1. The van der Waals surface area contributed by atoms with Crippen LogP contribution in [0.4, 0.5) is 18.9 Å². The molecule has 0 radical (unpaired) electrons. The van der Waals surface area contributed by atoms with E-state index in [2.05, 4.69) is 10.9 Å². The van der Waals surface area contributed by atoms with Gasteiger partial charge in [-0.3, -0.25) is 15.6 Å². The molecule has 0 saturated heterocycles. The summed E-state index contributed by atoms with van der Waals surface area (Å²) in [7, 11) is 0. The molecule has 0 heterocycles. The van der Waals surface area contributed by atoms with Crippen molar-refractivity contribution in [2.75, 3.05) is 5.43 Å². The molecular formula is C17H14F3N3O. The smallest absolute Gasteiger partial charge is 0.298 e. The first-order chi connectivity index (χ1) is 11.2. The predicted octanol–water partition coefficient (Wildman–Crippen LogP) is 3.95. The fourth-order valence-electron chi connectivity index (χ4n) is 2.26. The molecule has 124 valence electrons. The number of hydrogen-bond acceptors (Lipinski definition) is 3. The van der Waals surface area contributed by atoms with Crippen LogP contribution in [0.2, 0.25) is 0 Å². The molecule has 0 aliphatic heterocycles. The number of aryl methyl sites for hydroxylation is 2. The van der Waals surface area contributed by atoms with E-state index in [4.69, 9.17) is 5.26 Å². The summed E-state index contributed by atoms with van der Waals surface area (Å²) in [5.41, 5.74) is 5.13. The van der Waals surface area contributed by atoms with Gasteiger partial charge in [0.05, 0.1) is 22.9 Å². The largest absolute Gasteiger partial charge is 0.418 e. The van der Waals surface area contributed by atoms with Crippen molar-refractivity contribution < 1.29 is 18.0 Å². The number of nitrogens with zero attached hydrogens (tertiary/aromatic N) is 1. The van der Waals surface area contributed by atoms with Crippen LogP contribution in [0.1, 0.15) is 32.6 Å². The summed E-state index contributed by atoms with van der Waals surface area (Å²) in [5, 5.41) is 8.73. The van der Waals surface area contributed by atoms with Crippen LogP contribution in [0.5, 0.6) is 0 Å². The highest BCUT2D eigenvalue weighted by atomic mass is 19.4. The third-order valence-electron chi connectivity index (χ3n) is 3.25. The first-order valence-corrected chi connectivity index (χ1v) is 6.96. The quantitative estimate of drug-likeness (QED) is 0.836. The number of amides is 1.